The Morgan fingerprint density at radius 2 is 1.17 bits per heavy atom. The van der Waals surface area contributed by atoms with Gasteiger partial charge in [-0.1, -0.05) is 18.9 Å². The van der Waals surface area contributed by atoms with Gasteiger partial charge in [0.1, 0.15) is 0 Å². The minimum atomic E-state index is 0.382. The van der Waals surface area contributed by atoms with Gasteiger partial charge in [0.2, 0.25) is 0 Å². The smallest absolute Gasteiger partial charge is 0.0547 e. The van der Waals surface area contributed by atoms with E-state index in [0.29, 0.717) is 12.9 Å². The van der Waals surface area contributed by atoms with Crippen LogP contribution in [0.3, 0.4) is 0 Å². The molecule has 0 aliphatic carbocycles. The number of hydrogen-bond donors (Lipinski definition) is 0. The maximum Gasteiger partial charge on any atom is 0.0547 e. The summed E-state index contributed by atoms with van der Waals surface area (Å²) in [4.78, 5) is 9.98. The number of halogens is 2. The van der Waals surface area contributed by atoms with Gasteiger partial charge in [-0.2, -0.15) is 0 Å². The van der Waals surface area contributed by atoms with E-state index in [1.807, 2.05) is 0 Å². The van der Waals surface area contributed by atoms with Crippen molar-refractivity contribution in [1.82, 2.24) is 14.8 Å². The average molecular weight is 403 g/mol. The van der Waals surface area contributed by atoms with Gasteiger partial charge in [0.05, 0.1) is 11.4 Å². The molecular weight excluding hydrogens is 376 g/mol. The molecule has 3 heterocycles. The van der Waals surface area contributed by atoms with E-state index >= 15 is 0 Å². The normalized spacial score (nSPS) is 20.1. The molecule has 0 atom stereocenters. The summed E-state index contributed by atoms with van der Waals surface area (Å²) in [6.07, 6.45) is 8.22. The van der Waals surface area contributed by atoms with Gasteiger partial charge in [0.15, 0.2) is 0 Å². The van der Waals surface area contributed by atoms with Crippen molar-refractivity contribution in [2.45, 2.75) is 51.6 Å². The van der Waals surface area contributed by atoms with Gasteiger partial charge >= 0.3 is 33.2 Å². The first-order valence-corrected chi connectivity index (χ1v) is 11.4. The topological polar surface area (TPSA) is 19.4 Å². The van der Waals surface area contributed by atoms with Crippen LogP contribution in [0.1, 0.15) is 49.9 Å². The van der Waals surface area contributed by atoms with Crippen LogP contribution in [0.15, 0.2) is 18.2 Å². The molecule has 0 radical (unpaired) electrons. The molecule has 133 valence electrons. The number of piperidine rings is 2. The summed E-state index contributed by atoms with van der Waals surface area (Å²) in [5.41, 5.74) is 2.50. The van der Waals surface area contributed by atoms with Crippen molar-refractivity contribution >= 4 is 20.3 Å². The summed E-state index contributed by atoms with van der Waals surface area (Å²) >= 11 is 0.382. The monoisotopic (exact) mass is 402 g/mol. The number of likely N-dealkylation sites (tertiary alicyclic amines) is 2. The molecule has 0 unspecified atom stereocenters. The summed E-state index contributed by atoms with van der Waals surface area (Å²) in [5.74, 6) is 0. The maximum absolute atomic E-state index is 4.88. The van der Waals surface area contributed by atoms with E-state index in [2.05, 4.69) is 28.0 Å². The molecule has 0 N–H and O–H groups in total. The average Bonchev–Trinajstić information content (AvgIpc) is 2.58. The van der Waals surface area contributed by atoms with E-state index in [4.69, 9.17) is 25.3 Å². The Kier molecular flexibility index (Phi) is 9.88. The summed E-state index contributed by atoms with van der Waals surface area (Å²) in [6.45, 7) is 7.06. The van der Waals surface area contributed by atoms with E-state index in [9.17, 15) is 0 Å². The Balaban J connectivity index is 0.000000595. The second-order valence-electron chi connectivity index (χ2n) is 6.34. The van der Waals surface area contributed by atoms with Crippen molar-refractivity contribution in [3.05, 3.63) is 29.6 Å². The predicted octanol–water partition coefficient (Wildman–Crippen LogP) is 4.43. The first-order chi connectivity index (χ1) is 11.3. The van der Waals surface area contributed by atoms with Gasteiger partial charge in [-0.25, -0.2) is 0 Å². The molecule has 0 spiro atoms. The number of hydrogen-bond acceptors (Lipinski definition) is 3. The molecule has 6 heteroatoms. The molecule has 2 saturated heterocycles. The Bertz CT molecular complexity index is 400. The Morgan fingerprint density at radius 3 is 1.57 bits per heavy atom. The van der Waals surface area contributed by atoms with Crippen molar-refractivity contribution < 1.29 is 12.9 Å². The van der Waals surface area contributed by atoms with Crippen LogP contribution in [0.25, 0.3) is 0 Å². The maximum atomic E-state index is 4.88. The van der Waals surface area contributed by atoms with Crippen LogP contribution in [-0.2, 0) is 26.0 Å². The van der Waals surface area contributed by atoms with E-state index in [0.717, 1.165) is 13.1 Å². The third-order valence-corrected chi connectivity index (χ3v) is 4.53. The SMILES string of the molecule is [Cl][Co][Cl].c1cc(CN2CCCCC2)nc(CN2CCCCC2)c1. The van der Waals surface area contributed by atoms with Crippen molar-refractivity contribution in [2.75, 3.05) is 26.2 Å². The minimum Gasteiger partial charge on any atom is -0.298 e. The molecule has 3 rings (SSSR count). The van der Waals surface area contributed by atoms with Crippen LogP contribution in [0.5, 0.6) is 0 Å². The molecule has 2 aliphatic rings. The van der Waals surface area contributed by atoms with Crippen LogP contribution in [0.4, 0.5) is 0 Å². The first-order valence-electron chi connectivity index (χ1n) is 8.55. The Hall–Kier alpha value is 0.156. The van der Waals surface area contributed by atoms with Crippen molar-refractivity contribution in [1.29, 1.82) is 0 Å². The van der Waals surface area contributed by atoms with E-state index < -0.39 is 0 Å². The van der Waals surface area contributed by atoms with Gasteiger partial charge < -0.3 is 0 Å². The number of pyridine rings is 1. The van der Waals surface area contributed by atoms with Crippen LogP contribution < -0.4 is 0 Å². The molecular formula is C17H27Cl2CoN3. The molecule has 1 aromatic heterocycles. The van der Waals surface area contributed by atoms with Crippen molar-refractivity contribution in [3.8, 4) is 0 Å². The van der Waals surface area contributed by atoms with Gasteiger partial charge in [0.25, 0.3) is 0 Å². The zero-order valence-electron chi connectivity index (χ0n) is 13.6. The van der Waals surface area contributed by atoms with Crippen LogP contribution in [-0.4, -0.2) is 41.0 Å². The standard InChI is InChI=1S/C17H27N3.2ClH.Co/c1-3-10-19(11-4-1)14-16-8-7-9-17(18-16)15-20-12-5-2-6-13-20;;;/h7-9H,1-6,10-15H2;2*1H;/q;;;+2/p-2. The molecule has 0 saturated carbocycles. The summed E-state index contributed by atoms with van der Waals surface area (Å²) in [7, 11) is 9.47. The molecule has 3 nitrogen and oxygen atoms in total. The van der Waals surface area contributed by atoms with Gasteiger partial charge in [-0.3, -0.25) is 14.8 Å². The van der Waals surface area contributed by atoms with E-state index in [-0.39, 0.29) is 0 Å². The molecule has 0 bridgehead atoms. The van der Waals surface area contributed by atoms with Crippen molar-refractivity contribution in [3.63, 3.8) is 0 Å². The van der Waals surface area contributed by atoms with Crippen LogP contribution in [0, 0.1) is 0 Å². The molecule has 0 aromatic carbocycles. The molecule has 23 heavy (non-hydrogen) atoms. The number of aromatic nitrogens is 1. The zero-order valence-corrected chi connectivity index (χ0v) is 16.2. The second kappa shape index (κ2) is 11.7. The quantitative estimate of drug-likeness (QED) is 0.742. The number of nitrogens with zero attached hydrogens (tertiary/aromatic N) is 3. The largest absolute Gasteiger partial charge is 0.298 e. The van der Waals surface area contributed by atoms with Crippen molar-refractivity contribution in [2.24, 2.45) is 0 Å². The van der Waals surface area contributed by atoms with Gasteiger partial charge in [-0.15, -0.1) is 0 Å². The zero-order chi connectivity index (χ0) is 16.3. The fourth-order valence-corrected chi connectivity index (χ4v) is 3.40. The first kappa shape index (κ1) is 19.5. The van der Waals surface area contributed by atoms with Gasteiger partial charge in [-0.05, 0) is 64.0 Å². The second-order valence-corrected chi connectivity index (χ2v) is 8.06. The minimum absolute atomic E-state index is 0.382. The molecule has 2 aliphatic heterocycles. The molecule has 0 amide bonds. The number of rotatable bonds is 4. The van der Waals surface area contributed by atoms with E-state index in [1.54, 1.807) is 0 Å². The fraction of sp³-hybridized carbons (Fsp3) is 0.706. The Morgan fingerprint density at radius 1 is 0.783 bits per heavy atom. The third kappa shape index (κ3) is 7.72. The predicted molar refractivity (Wildman–Crippen MR) is 94.2 cm³/mol. The fourth-order valence-electron chi connectivity index (χ4n) is 3.40. The summed E-state index contributed by atoms with van der Waals surface area (Å²) in [5, 5.41) is 0. The molecule has 2 fully saturated rings. The summed E-state index contributed by atoms with van der Waals surface area (Å²) in [6, 6.07) is 6.56. The third-order valence-electron chi connectivity index (χ3n) is 4.53. The summed E-state index contributed by atoms with van der Waals surface area (Å²) < 4.78 is 0. The van der Waals surface area contributed by atoms with E-state index in [1.165, 1.54) is 76.1 Å². The van der Waals surface area contributed by atoms with Gasteiger partial charge in [0, 0.05) is 13.1 Å². The molecule has 1 aromatic rings. The van der Waals surface area contributed by atoms with Crippen LogP contribution >= 0.6 is 20.3 Å². The Labute approximate surface area is 155 Å². The van der Waals surface area contributed by atoms with Crippen LogP contribution in [0.2, 0.25) is 0 Å².